The van der Waals surface area contributed by atoms with Crippen molar-refractivity contribution in [1.29, 1.82) is 0 Å². The molecule has 1 aromatic heterocycles. The maximum atomic E-state index is 12.7. The third-order valence-electron chi connectivity index (χ3n) is 4.99. The molecule has 1 aliphatic rings. The molecule has 2 heterocycles. The molecule has 0 radical (unpaired) electrons. The molecule has 4 rings (SSSR count). The molecule has 150 valence electrons. The average Bonchev–Trinajstić information content (AvgIpc) is 3.11. The largest absolute Gasteiger partial charge is 0.451 e. The Bertz CT molecular complexity index is 1030. The summed E-state index contributed by atoms with van der Waals surface area (Å²) in [6, 6.07) is 15.4. The lowest BCUT2D eigenvalue weighted by Crippen LogP contribution is -2.47. The number of piperazine rings is 1. The lowest BCUT2D eigenvalue weighted by atomic mass is 10.1. The predicted octanol–water partition coefficient (Wildman–Crippen LogP) is 2.45. The third-order valence-corrected chi connectivity index (χ3v) is 4.99. The second kappa shape index (κ2) is 8.36. The first-order chi connectivity index (χ1) is 14.2. The summed E-state index contributed by atoms with van der Waals surface area (Å²) in [7, 11) is 1.59. The Kier molecular flexibility index (Phi) is 5.48. The van der Waals surface area contributed by atoms with Crippen LogP contribution in [0.1, 0.15) is 21.7 Å². The number of fused-ring (bicyclic) bond motifs is 1. The Hall–Kier alpha value is -3.32. The fourth-order valence-corrected chi connectivity index (χ4v) is 3.52. The fourth-order valence-electron chi connectivity index (χ4n) is 3.52. The number of hydrogen-bond donors (Lipinski definition) is 2. The number of rotatable bonds is 6. The van der Waals surface area contributed by atoms with Gasteiger partial charge in [-0.05, 0) is 23.8 Å². The smallest absolute Gasteiger partial charge is 0.287 e. The van der Waals surface area contributed by atoms with Gasteiger partial charge in [-0.2, -0.15) is 0 Å². The van der Waals surface area contributed by atoms with Crippen molar-refractivity contribution >= 4 is 28.5 Å². The summed E-state index contributed by atoms with van der Waals surface area (Å²) < 4.78 is 11.0. The minimum absolute atomic E-state index is 0.0327. The predicted molar refractivity (Wildman–Crippen MR) is 110 cm³/mol. The van der Waals surface area contributed by atoms with E-state index in [0.717, 1.165) is 28.7 Å². The summed E-state index contributed by atoms with van der Waals surface area (Å²) in [6.07, 6.45) is 0. The molecule has 2 N–H and O–H groups in total. The molecule has 0 saturated carbocycles. The number of para-hydroxylation sites is 1. The van der Waals surface area contributed by atoms with Crippen molar-refractivity contribution in [1.82, 2.24) is 10.6 Å². The zero-order valence-corrected chi connectivity index (χ0v) is 16.2. The highest BCUT2D eigenvalue weighted by atomic mass is 16.5. The van der Waals surface area contributed by atoms with Gasteiger partial charge in [0.05, 0.1) is 13.2 Å². The van der Waals surface area contributed by atoms with Crippen molar-refractivity contribution in [3.8, 4) is 0 Å². The molecule has 7 nitrogen and oxygen atoms in total. The van der Waals surface area contributed by atoms with Gasteiger partial charge in [-0.3, -0.25) is 9.59 Å². The number of methoxy groups -OCH3 is 1. The van der Waals surface area contributed by atoms with E-state index in [4.69, 9.17) is 9.15 Å². The van der Waals surface area contributed by atoms with Crippen molar-refractivity contribution in [3.05, 3.63) is 65.4 Å². The van der Waals surface area contributed by atoms with Crippen LogP contribution in [0.5, 0.6) is 0 Å². The van der Waals surface area contributed by atoms with Crippen LogP contribution >= 0.6 is 0 Å². The number of nitrogens with zero attached hydrogens (tertiary/aromatic N) is 1. The first-order valence-corrected chi connectivity index (χ1v) is 9.54. The van der Waals surface area contributed by atoms with E-state index < -0.39 is 0 Å². The monoisotopic (exact) mass is 393 g/mol. The van der Waals surface area contributed by atoms with E-state index in [2.05, 4.69) is 10.6 Å². The molecule has 1 aliphatic heterocycles. The van der Waals surface area contributed by atoms with Crippen LogP contribution in [0.15, 0.2) is 52.9 Å². The molecule has 0 bridgehead atoms. The number of hydrogen-bond acceptors (Lipinski definition) is 5. The number of amides is 2. The Morgan fingerprint density at radius 1 is 1.21 bits per heavy atom. The Morgan fingerprint density at radius 3 is 2.76 bits per heavy atom. The topological polar surface area (TPSA) is 83.8 Å². The summed E-state index contributed by atoms with van der Waals surface area (Å²) >= 11 is 0. The van der Waals surface area contributed by atoms with E-state index >= 15 is 0 Å². The molecule has 0 aliphatic carbocycles. The van der Waals surface area contributed by atoms with Crippen molar-refractivity contribution < 1.29 is 18.7 Å². The standard InChI is InChI=1S/C22H23N3O4/c1-28-14-18-17-4-2-3-5-19(17)29-21(18)22(27)24-12-15-6-8-16(9-7-15)25-11-10-23-20(26)13-25/h2-9H,10-14H2,1H3,(H,23,26)(H,24,27). The van der Waals surface area contributed by atoms with Crippen LogP contribution in [0.4, 0.5) is 5.69 Å². The van der Waals surface area contributed by atoms with Gasteiger partial charge in [-0.25, -0.2) is 0 Å². The summed E-state index contributed by atoms with van der Waals surface area (Å²) in [5, 5.41) is 6.62. The molecule has 2 aromatic carbocycles. The van der Waals surface area contributed by atoms with E-state index in [1.807, 2.05) is 53.4 Å². The van der Waals surface area contributed by atoms with Gasteiger partial charge in [0.15, 0.2) is 5.76 Å². The van der Waals surface area contributed by atoms with Gasteiger partial charge < -0.3 is 24.7 Å². The van der Waals surface area contributed by atoms with Gasteiger partial charge in [-0.1, -0.05) is 30.3 Å². The lowest BCUT2D eigenvalue weighted by molar-refractivity contribution is -0.120. The second-order valence-corrected chi connectivity index (χ2v) is 6.96. The highest BCUT2D eigenvalue weighted by molar-refractivity contribution is 5.99. The molecule has 0 unspecified atom stereocenters. The minimum atomic E-state index is -0.273. The number of nitrogens with one attached hydrogen (secondary N) is 2. The molecule has 1 saturated heterocycles. The van der Waals surface area contributed by atoms with Crippen LogP contribution in [0.3, 0.4) is 0 Å². The molecule has 0 atom stereocenters. The van der Waals surface area contributed by atoms with Gasteiger partial charge in [0.2, 0.25) is 5.91 Å². The van der Waals surface area contributed by atoms with Crippen LogP contribution < -0.4 is 15.5 Å². The molecular formula is C22H23N3O4. The molecule has 29 heavy (non-hydrogen) atoms. The molecule has 1 fully saturated rings. The lowest BCUT2D eigenvalue weighted by Gasteiger charge is -2.28. The highest BCUT2D eigenvalue weighted by Gasteiger charge is 2.20. The summed E-state index contributed by atoms with van der Waals surface area (Å²) in [5.41, 5.74) is 3.38. The summed E-state index contributed by atoms with van der Waals surface area (Å²) in [4.78, 5) is 26.3. The Labute approximate surface area is 168 Å². The maximum Gasteiger partial charge on any atom is 0.287 e. The maximum absolute atomic E-state index is 12.7. The number of anilines is 1. The van der Waals surface area contributed by atoms with Gasteiger partial charge in [0.25, 0.3) is 5.91 Å². The fraction of sp³-hybridized carbons (Fsp3) is 0.273. The number of benzene rings is 2. The molecule has 0 spiro atoms. The Morgan fingerprint density at radius 2 is 2.00 bits per heavy atom. The zero-order valence-electron chi connectivity index (χ0n) is 16.2. The SMILES string of the molecule is COCc1c(C(=O)NCc2ccc(N3CCNC(=O)C3)cc2)oc2ccccc12. The Balaban J connectivity index is 1.44. The van der Waals surface area contributed by atoms with Crippen LogP contribution in [-0.2, 0) is 22.7 Å². The normalized spacial score (nSPS) is 14.1. The van der Waals surface area contributed by atoms with Gasteiger partial charge in [0, 0.05) is 43.4 Å². The first-order valence-electron chi connectivity index (χ1n) is 9.54. The van der Waals surface area contributed by atoms with Crippen LogP contribution in [0.2, 0.25) is 0 Å². The summed E-state index contributed by atoms with van der Waals surface area (Å²) in [5.74, 6) is 0.0410. The van der Waals surface area contributed by atoms with Crippen molar-refractivity contribution in [2.24, 2.45) is 0 Å². The summed E-state index contributed by atoms with van der Waals surface area (Å²) in [6.45, 7) is 2.49. The van der Waals surface area contributed by atoms with E-state index in [9.17, 15) is 9.59 Å². The highest BCUT2D eigenvalue weighted by Crippen LogP contribution is 2.26. The van der Waals surface area contributed by atoms with Crippen molar-refractivity contribution in [3.63, 3.8) is 0 Å². The number of ether oxygens (including phenoxy) is 1. The van der Waals surface area contributed by atoms with E-state index in [1.54, 1.807) is 7.11 Å². The van der Waals surface area contributed by atoms with Crippen LogP contribution in [-0.4, -0.2) is 38.6 Å². The van der Waals surface area contributed by atoms with Gasteiger partial charge in [0.1, 0.15) is 5.58 Å². The van der Waals surface area contributed by atoms with E-state index in [-0.39, 0.29) is 17.6 Å². The van der Waals surface area contributed by atoms with Gasteiger partial charge in [-0.15, -0.1) is 0 Å². The first kappa shape index (κ1) is 19.0. The quantitative estimate of drug-likeness (QED) is 0.672. The number of carbonyl (C=O) groups excluding carboxylic acids is 2. The number of carbonyl (C=O) groups is 2. The molecule has 7 heteroatoms. The van der Waals surface area contributed by atoms with E-state index in [1.165, 1.54) is 0 Å². The van der Waals surface area contributed by atoms with Crippen molar-refractivity contribution in [2.75, 3.05) is 31.6 Å². The van der Waals surface area contributed by atoms with Crippen molar-refractivity contribution in [2.45, 2.75) is 13.2 Å². The van der Waals surface area contributed by atoms with Crippen LogP contribution in [0.25, 0.3) is 11.0 Å². The molecule has 2 amide bonds. The van der Waals surface area contributed by atoms with Crippen LogP contribution in [0, 0.1) is 0 Å². The molecular weight excluding hydrogens is 370 g/mol. The number of furan rings is 1. The zero-order chi connectivity index (χ0) is 20.2. The van der Waals surface area contributed by atoms with E-state index in [0.29, 0.717) is 31.8 Å². The van der Waals surface area contributed by atoms with Gasteiger partial charge >= 0.3 is 0 Å². The minimum Gasteiger partial charge on any atom is -0.451 e. The second-order valence-electron chi connectivity index (χ2n) is 6.96. The average molecular weight is 393 g/mol. The molecule has 3 aromatic rings. The third kappa shape index (κ3) is 4.09.